The lowest BCUT2D eigenvalue weighted by molar-refractivity contribution is -0.133. The highest BCUT2D eigenvalue weighted by atomic mass is 32.2. The molecule has 2 aliphatic rings. The fourth-order valence-electron chi connectivity index (χ4n) is 2.50. The van der Waals surface area contributed by atoms with E-state index in [0.29, 0.717) is 31.6 Å². The monoisotopic (exact) mass is 340 g/mol. The van der Waals surface area contributed by atoms with Crippen molar-refractivity contribution < 1.29 is 19.4 Å². The van der Waals surface area contributed by atoms with Crippen molar-refractivity contribution in [2.24, 2.45) is 0 Å². The molecule has 9 heteroatoms. The van der Waals surface area contributed by atoms with Crippen molar-refractivity contribution >= 4 is 29.4 Å². The number of nitrogens with zero attached hydrogens (tertiary/aromatic N) is 4. The van der Waals surface area contributed by atoms with E-state index < -0.39 is 5.97 Å². The number of ether oxygens (including phenoxy) is 2. The van der Waals surface area contributed by atoms with Crippen LogP contribution in [0.3, 0.4) is 0 Å². The van der Waals surface area contributed by atoms with E-state index in [0.717, 1.165) is 49.6 Å². The van der Waals surface area contributed by atoms with Crippen LogP contribution in [0, 0.1) is 0 Å². The van der Waals surface area contributed by atoms with E-state index in [9.17, 15) is 4.79 Å². The van der Waals surface area contributed by atoms with E-state index in [-0.39, 0.29) is 5.75 Å². The molecule has 0 saturated carbocycles. The van der Waals surface area contributed by atoms with Crippen LogP contribution in [0.25, 0.3) is 0 Å². The first-order chi connectivity index (χ1) is 11.2. The lowest BCUT2D eigenvalue weighted by atomic mass is 10.3. The van der Waals surface area contributed by atoms with Gasteiger partial charge in [-0.3, -0.25) is 4.79 Å². The number of morpholine rings is 2. The molecule has 0 aliphatic carbocycles. The van der Waals surface area contributed by atoms with Crippen LogP contribution in [-0.4, -0.2) is 79.4 Å². The van der Waals surface area contributed by atoms with Crippen molar-refractivity contribution in [3.8, 4) is 0 Å². The van der Waals surface area contributed by atoms with Gasteiger partial charge in [-0.05, 0) is 0 Å². The molecule has 2 saturated heterocycles. The van der Waals surface area contributed by atoms with E-state index >= 15 is 0 Å². The summed E-state index contributed by atoms with van der Waals surface area (Å²) < 4.78 is 10.8. The quantitative estimate of drug-likeness (QED) is 0.601. The molecule has 1 aromatic heterocycles. The fraction of sp³-hybridized carbons (Fsp3) is 0.643. The summed E-state index contributed by atoms with van der Waals surface area (Å²) in [5, 5.41) is 9.38. The third-order valence-electron chi connectivity index (χ3n) is 3.67. The number of thioether (sulfide) groups is 1. The summed E-state index contributed by atoms with van der Waals surface area (Å²) in [6, 6.07) is 1.97. The van der Waals surface area contributed by atoms with E-state index in [2.05, 4.69) is 19.8 Å². The number of aliphatic carboxylic acids is 1. The minimum Gasteiger partial charge on any atom is -0.481 e. The molecule has 23 heavy (non-hydrogen) atoms. The highest BCUT2D eigenvalue weighted by Gasteiger charge is 2.19. The van der Waals surface area contributed by atoms with Crippen LogP contribution >= 0.6 is 11.8 Å². The standard InChI is InChI=1S/C14H20N4O4S/c19-13(20)10-23-14-15-11(17-1-5-21-6-2-17)9-12(16-14)18-3-7-22-8-4-18/h9H,1-8,10H2,(H,19,20). The van der Waals surface area contributed by atoms with Gasteiger partial charge in [-0.25, -0.2) is 9.97 Å². The van der Waals surface area contributed by atoms with Gasteiger partial charge in [0, 0.05) is 32.2 Å². The van der Waals surface area contributed by atoms with Crippen LogP contribution < -0.4 is 9.80 Å². The SMILES string of the molecule is O=C(O)CSc1nc(N2CCOCC2)cc(N2CCOCC2)n1. The summed E-state index contributed by atoms with van der Waals surface area (Å²) in [6.07, 6.45) is 0. The van der Waals surface area contributed by atoms with Gasteiger partial charge < -0.3 is 24.4 Å². The summed E-state index contributed by atoms with van der Waals surface area (Å²) >= 11 is 1.15. The lowest BCUT2D eigenvalue weighted by Crippen LogP contribution is -2.39. The topological polar surface area (TPSA) is 88.0 Å². The minimum absolute atomic E-state index is 0.0465. The second-order valence-electron chi connectivity index (χ2n) is 5.25. The predicted octanol–water partition coefficient (Wildman–Crippen LogP) is 0.327. The van der Waals surface area contributed by atoms with Crippen LogP contribution in [0.2, 0.25) is 0 Å². The number of hydrogen-bond acceptors (Lipinski definition) is 8. The zero-order chi connectivity index (χ0) is 16.1. The normalized spacial score (nSPS) is 19.0. The summed E-state index contributed by atoms with van der Waals surface area (Å²) in [7, 11) is 0. The molecule has 2 aliphatic heterocycles. The molecular weight excluding hydrogens is 320 g/mol. The van der Waals surface area contributed by atoms with E-state index in [1.165, 1.54) is 0 Å². The summed E-state index contributed by atoms with van der Waals surface area (Å²) in [6.45, 7) is 5.82. The van der Waals surface area contributed by atoms with E-state index in [1.807, 2.05) is 6.07 Å². The molecular formula is C14H20N4O4S. The Morgan fingerprint density at radius 2 is 1.52 bits per heavy atom. The number of rotatable bonds is 5. The molecule has 3 heterocycles. The molecule has 1 N–H and O–H groups in total. The molecule has 2 fully saturated rings. The average Bonchev–Trinajstić information content (AvgIpc) is 2.61. The van der Waals surface area contributed by atoms with Crippen LogP contribution in [0.1, 0.15) is 0 Å². The Bertz CT molecular complexity index is 511. The molecule has 0 aromatic carbocycles. The average molecular weight is 340 g/mol. The number of carboxylic acid groups (broad SMARTS) is 1. The maximum atomic E-state index is 10.8. The highest BCUT2D eigenvalue weighted by molar-refractivity contribution is 7.99. The first-order valence-corrected chi connectivity index (χ1v) is 8.60. The molecule has 0 bridgehead atoms. The Hall–Kier alpha value is -1.58. The Morgan fingerprint density at radius 1 is 1.04 bits per heavy atom. The highest BCUT2D eigenvalue weighted by Crippen LogP contribution is 2.25. The van der Waals surface area contributed by atoms with E-state index in [1.54, 1.807) is 0 Å². The van der Waals surface area contributed by atoms with Gasteiger partial charge in [-0.2, -0.15) is 0 Å². The Kier molecular flexibility index (Phi) is 5.52. The maximum absolute atomic E-state index is 10.8. The Morgan fingerprint density at radius 3 is 1.96 bits per heavy atom. The van der Waals surface area contributed by atoms with Crippen molar-refractivity contribution in [1.29, 1.82) is 0 Å². The van der Waals surface area contributed by atoms with Crippen molar-refractivity contribution in [2.75, 3.05) is 68.2 Å². The van der Waals surface area contributed by atoms with Gasteiger partial charge >= 0.3 is 5.97 Å². The molecule has 126 valence electrons. The molecule has 3 rings (SSSR count). The number of carboxylic acids is 1. The first-order valence-electron chi connectivity index (χ1n) is 7.61. The minimum atomic E-state index is -0.872. The Labute approximate surface area is 138 Å². The Balaban J connectivity index is 1.83. The van der Waals surface area contributed by atoms with Crippen LogP contribution in [-0.2, 0) is 14.3 Å². The smallest absolute Gasteiger partial charge is 0.313 e. The first kappa shape index (κ1) is 16.3. The molecule has 0 unspecified atom stereocenters. The summed E-state index contributed by atoms with van der Waals surface area (Å²) in [5.41, 5.74) is 0. The van der Waals surface area contributed by atoms with Gasteiger partial charge in [0.1, 0.15) is 11.6 Å². The third kappa shape index (κ3) is 4.46. The van der Waals surface area contributed by atoms with Crippen molar-refractivity contribution in [3.63, 3.8) is 0 Å². The van der Waals surface area contributed by atoms with Crippen molar-refractivity contribution in [2.45, 2.75) is 5.16 Å². The molecule has 1 aromatic rings. The van der Waals surface area contributed by atoms with Gasteiger partial charge in [-0.15, -0.1) is 0 Å². The third-order valence-corrected chi connectivity index (χ3v) is 4.51. The zero-order valence-corrected chi connectivity index (χ0v) is 13.6. The van der Waals surface area contributed by atoms with Gasteiger partial charge in [0.05, 0.1) is 32.2 Å². The van der Waals surface area contributed by atoms with Gasteiger partial charge in [-0.1, -0.05) is 11.8 Å². The lowest BCUT2D eigenvalue weighted by Gasteiger charge is -2.31. The summed E-state index contributed by atoms with van der Waals surface area (Å²) in [4.78, 5) is 24.2. The molecule has 8 nitrogen and oxygen atoms in total. The van der Waals surface area contributed by atoms with Gasteiger partial charge in [0.15, 0.2) is 5.16 Å². The molecule has 0 atom stereocenters. The maximum Gasteiger partial charge on any atom is 0.313 e. The molecule has 0 radical (unpaired) electrons. The van der Waals surface area contributed by atoms with Crippen molar-refractivity contribution in [3.05, 3.63) is 6.07 Å². The van der Waals surface area contributed by atoms with Crippen LogP contribution in [0.15, 0.2) is 11.2 Å². The summed E-state index contributed by atoms with van der Waals surface area (Å²) in [5.74, 6) is 0.744. The van der Waals surface area contributed by atoms with Gasteiger partial charge in [0.25, 0.3) is 0 Å². The fourth-order valence-corrected chi connectivity index (χ4v) is 3.07. The second kappa shape index (κ2) is 7.80. The molecule has 0 spiro atoms. The second-order valence-corrected chi connectivity index (χ2v) is 6.19. The number of anilines is 2. The van der Waals surface area contributed by atoms with E-state index in [4.69, 9.17) is 14.6 Å². The molecule has 0 amide bonds. The number of carbonyl (C=O) groups is 1. The predicted molar refractivity (Wildman–Crippen MR) is 86.5 cm³/mol. The van der Waals surface area contributed by atoms with Crippen LogP contribution in [0.5, 0.6) is 0 Å². The zero-order valence-electron chi connectivity index (χ0n) is 12.8. The largest absolute Gasteiger partial charge is 0.481 e. The van der Waals surface area contributed by atoms with Gasteiger partial charge in [0.2, 0.25) is 0 Å². The van der Waals surface area contributed by atoms with Crippen LogP contribution in [0.4, 0.5) is 11.6 Å². The number of aromatic nitrogens is 2. The van der Waals surface area contributed by atoms with Crippen molar-refractivity contribution in [1.82, 2.24) is 9.97 Å². The number of hydrogen-bond donors (Lipinski definition) is 1.